The summed E-state index contributed by atoms with van der Waals surface area (Å²) in [6.45, 7) is 2.74. The van der Waals surface area contributed by atoms with Gasteiger partial charge in [-0.1, -0.05) is 6.92 Å². The first-order valence-corrected chi connectivity index (χ1v) is 7.70. The van der Waals surface area contributed by atoms with Crippen molar-refractivity contribution in [2.24, 2.45) is 0 Å². The Bertz CT molecular complexity index is 577. The van der Waals surface area contributed by atoms with Crippen LogP contribution < -0.4 is 10.5 Å². The molecule has 0 fully saturated rings. The predicted molar refractivity (Wildman–Crippen MR) is 84.5 cm³/mol. The molecule has 0 saturated heterocycles. The number of hydrogen-bond donors (Lipinski definition) is 1. The number of carbonyl (C=O) groups is 1. The van der Waals surface area contributed by atoms with Crippen LogP contribution in [0.4, 0.5) is 5.69 Å². The van der Waals surface area contributed by atoms with E-state index in [1.165, 1.54) is 4.88 Å². The molecule has 112 valence electrons. The van der Waals surface area contributed by atoms with E-state index in [0.29, 0.717) is 24.7 Å². The standard InChI is InChI=1S/C16H19NO3S/c1-2-14-7-8-15(21-14)11-20-16(18)9-10-19-13-5-3-12(17)4-6-13/h3-8H,2,9-11,17H2,1H3. The van der Waals surface area contributed by atoms with Crippen molar-refractivity contribution in [3.05, 3.63) is 46.2 Å². The van der Waals surface area contributed by atoms with Crippen LogP contribution in [0.2, 0.25) is 0 Å². The van der Waals surface area contributed by atoms with E-state index in [1.807, 2.05) is 6.07 Å². The summed E-state index contributed by atoms with van der Waals surface area (Å²) in [5.41, 5.74) is 6.27. The number of nitrogens with two attached hydrogens (primary N) is 1. The van der Waals surface area contributed by atoms with Crippen LogP contribution in [0, 0.1) is 0 Å². The van der Waals surface area contributed by atoms with Gasteiger partial charge < -0.3 is 15.2 Å². The van der Waals surface area contributed by atoms with Gasteiger partial charge in [-0.2, -0.15) is 0 Å². The van der Waals surface area contributed by atoms with E-state index < -0.39 is 0 Å². The Morgan fingerprint density at radius 2 is 1.86 bits per heavy atom. The molecule has 2 aromatic rings. The van der Waals surface area contributed by atoms with Gasteiger partial charge in [0, 0.05) is 15.4 Å². The highest BCUT2D eigenvalue weighted by Crippen LogP contribution is 2.18. The lowest BCUT2D eigenvalue weighted by Crippen LogP contribution is -2.09. The Balaban J connectivity index is 1.66. The summed E-state index contributed by atoms with van der Waals surface area (Å²) in [5, 5.41) is 0. The Labute approximate surface area is 128 Å². The summed E-state index contributed by atoms with van der Waals surface area (Å²) in [4.78, 5) is 14.0. The predicted octanol–water partition coefficient (Wildman–Crippen LogP) is 3.41. The Morgan fingerprint density at radius 3 is 2.52 bits per heavy atom. The van der Waals surface area contributed by atoms with Crippen molar-refractivity contribution < 1.29 is 14.3 Å². The molecule has 0 atom stereocenters. The number of esters is 1. The number of benzene rings is 1. The molecule has 0 amide bonds. The molecule has 1 aromatic heterocycles. The van der Waals surface area contributed by atoms with Crippen LogP contribution >= 0.6 is 11.3 Å². The van der Waals surface area contributed by atoms with Crippen LogP contribution in [0.1, 0.15) is 23.1 Å². The number of anilines is 1. The molecular weight excluding hydrogens is 286 g/mol. The molecular formula is C16H19NO3S. The van der Waals surface area contributed by atoms with Crippen molar-refractivity contribution in [2.75, 3.05) is 12.3 Å². The number of hydrogen-bond acceptors (Lipinski definition) is 5. The van der Waals surface area contributed by atoms with E-state index in [1.54, 1.807) is 35.6 Å². The molecule has 0 unspecified atom stereocenters. The number of nitrogen functional groups attached to an aromatic ring is 1. The summed E-state index contributed by atoms with van der Waals surface area (Å²) in [7, 11) is 0. The lowest BCUT2D eigenvalue weighted by Gasteiger charge is -2.06. The second-order valence-electron chi connectivity index (χ2n) is 4.55. The number of carbonyl (C=O) groups excluding carboxylic acids is 1. The molecule has 2 N–H and O–H groups in total. The van der Waals surface area contributed by atoms with Crippen molar-refractivity contribution in [3.63, 3.8) is 0 Å². The minimum Gasteiger partial charge on any atom is -0.493 e. The molecule has 0 bridgehead atoms. The molecule has 0 aliphatic rings. The summed E-state index contributed by atoms with van der Waals surface area (Å²) >= 11 is 1.68. The fourth-order valence-corrected chi connectivity index (χ4v) is 2.60. The average Bonchev–Trinajstić information content (AvgIpc) is 2.95. The first kappa shape index (κ1) is 15.4. The van der Waals surface area contributed by atoms with Gasteiger partial charge in [0.15, 0.2) is 0 Å². The second-order valence-corrected chi connectivity index (χ2v) is 5.80. The molecule has 0 radical (unpaired) electrons. The van der Waals surface area contributed by atoms with E-state index in [0.717, 1.165) is 11.3 Å². The van der Waals surface area contributed by atoms with Crippen molar-refractivity contribution in [1.82, 2.24) is 0 Å². The first-order valence-electron chi connectivity index (χ1n) is 6.89. The molecule has 4 nitrogen and oxygen atoms in total. The van der Waals surface area contributed by atoms with Crippen LogP contribution in [0.25, 0.3) is 0 Å². The van der Waals surface area contributed by atoms with E-state index in [9.17, 15) is 4.79 Å². The molecule has 0 saturated carbocycles. The Hall–Kier alpha value is -2.01. The topological polar surface area (TPSA) is 61.5 Å². The zero-order chi connectivity index (χ0) is 15.1. The van der Waals surface area contributed by atoms with Crippen molar-refractivity contribution in [2.45, 2.75) is 26.4 Å². The molecule has 2 rings (SSSR count). The molecule has 0 aliphatic carbocycles. The summed E-state index contributed by atoms with van der Waals surface area (Å²) in [6, 6.07) is 11.1. The smallest absolute Gasteiger partial charge is 0.309 e. The SMILES string of the molecule is CCc1ccc(COC(=O)CCOc2ccc(N)cc2)s1. The van der Waals surface area contributed by atoms with Gasteiger partial charge in [0.2, 0.25) is 0 Å². The minimum atomic E-state index is -0.253. The maximum absolute atomic E-state index is 11.6. The molecule has 1 heterocycles. The lowest BCUT2D eigenvalue weighted by molar-refractivity contribution is -0.145. The quantitative estimate of drug-likeness (QED) is 0.629. The van der Waals surface area contributed by atoms with E-state index in [-0.39, 0.29) is 12.4 Å². The molecule has 21 heavy (non-hydrogen) atoms. The van der Waals surface area contributed by atoms with Gasteiger partial charge in [-0.15, -0.1) is 11.3 Å². The average molecular weight is 305 g/mol. The fraction of sp³-hybridized carbons (Fsp3) is 0.312. The first-order chi connectivity index (χ1) is 10.2. The zero-order valence-electron chi connectivity index (χ0n) is 12.0. The van der Waals surface area contributed by atoms with Gasteiger partial charge in [0.05, 0.1) is 13.0 Å². The minimum absolute atomic E-state index is 0.233. The third kappa shape index (κ3) is 5.11. The van der Waals surface area contributed by atoms with Crippen LogP contribution in [-0.2, 0) is 22.6 Å². The lowest BCUT2D eigenvalue weighted by atomic mass is 10.3. The normalized spacial score (nSPS) is 10.3. The summed E-state index contributed by atoms with van der Waals surface area (Å²) in [6.07, 6.45) is 1.24. The number of ether oxygens (including phenoxy) is 2. The van der Waals surface area contributed by atoms with E-state index in [2.05, 4.69) is 13.0 Å². The second kappa shape index (κ2) is 7.69. The van der Waals surface area contributed by atoms with Crippen molar-refractivity contribution in [3.8, 4) is 5.75 Å². The highest BCUT2D eigenvalue weighted by Gasteiger charge is 2.06. The zero-order valence-corrected chi connectivity index (χ0v) is 12.8. The molecule has 0 spiro atoms. The summed E-state index contributed by atoms with van der Waals surface area (Å²) < 4.78 is 10.7. The van der Waals surface area contributed by atoms with Gasteiger partial charge in [-0.3, -0.25) is 4.79 Å². The highest BCUT2D eigenvalue weighted by atomic mass is 32.1. The van der Waals surface area contributed by atoms with Crippen molar-refractivity contribution in [1.29, 1.82) is 0 Å². The Kier molecular flexibility index (Phi) is 5.63. The number of thiophene rings is 1. The number of rotatable bonds is 7. The monoisotopic (exact) mass is 305 g/mol. The van der Waals surface area contributed by atoms with Gasteiger partial charge in [0.25, 0.3) is 0 Å². The van der Waals surface area contributed by atoms with E-state index in [4.69, 9.17) is 15.2 Å². The molecule has 0 aliphatic heterocycles. The van der Waals surface area contributed by atoms with Crippen LogP contribution in [0.5, 0.6) is 5.75 Å². The van der Waals surface area contributed by atoms with Crippen LogP contribution in [0.15, 0.2) is 36.4 Å². The van der Waals surface area contributed by atoms with Crippen LogP contribution in [-0.4, -0.2) is 12.6 Å². The van der Waals surface area contributed by atoms with Gasteiger partial charge in [0.1, 0.15) is 12.4 Å². The van der Waals surface area contributed by atoms with Crippen molar-refractivity contribution >= 4 is 23.0 Å². The largest absolute Gasteiger partial charge is 0.493 e. The maximum atomic E-state index is 11.6. The fourth-order valence-electron chi connectivity index (χ4n) is 1.73. The van der Waals surface area contributed by atoms with Crippen LogP contribution in [0.3, 0.4) is 0 Å². The van der Waals surface area contributed by atoms with Gasteiger partial charge >= 0.3 is 5.97 Å². The van der Waals surface area contributed by atoms with E-state index >= 15 is 0 Å². The van der Waals surface area contributed by atoms with Gasteiger partial charge in [-0.25, -0.2) is 0 Å². The summed E-state index contributed by atoms with van der Waals surface area (Å²) in [5.74, 6) is 0.444. The van der Waals surface area contributed by atoms with Gasteiger partial charge in [-0.05, 0) is 42.8 Å². The third-order valence-electron chi connectivity index (χ3n) is 2.90. The maximum Gasteiger partial charge on any atom is 0.309 e. The molecule has 5 heteroatoms. The highest BCUT2D eigenvalue weighted by molar-refractivity contribution is 7.11. The Morgan fingerprint density at radius 1 is 1.14 bits per heavy atom. The molecule has 1 aromatic carbocycles. The third-order valence-corrected chi connectivity index (χ3v) is 4.10. The number of aryl methyl sites for hydroxylation is 1.